The molecule has 0 radical (unpaired) electrons. The van der Waals surface area contributed by atoms with Crippen LogP contribution in [0.25, 0.3) is 11.2 Å². The number of halogens is 1. The molecule has 4 rings (SSSR count). The van der Waals surface area contributed by atoms with Crippen molar-refractivity contribution in [2.24, 2.45) is 0 Å². The zero-order chi connectivity index (χ0) is 22.2. The van der Waals surface area contributed by atoms with Crippen molar-refractivity contribution in [3.05, 3.63) is 39.7 Å². The van der Waals surface area contributed by atoms with E-state index in [0.717, 1.165) is 9.13 Å². The smallest absolute Gasteiger partial charge is 0.251 e. The summed E-state index contributed by atoms with van der Waals surface area (Å²) >= 11 is 3.60. The van der Waals surface area contributed by atoms with E-state index < -0.39 is 23.8 Å². The molecule has 1 amide bonds. The van der Waals surface area contributed by atoms with Gasteiger partial charge in [0.25, 0.3) is 5.91 Å². The number of benzene rings is 1. The summed E-state index contributed by atoms with van der Waals surface area (Å²) in [6, 6.07) is 8.07. The molecule has 1 aromatic carbocycles. The van der Waals surface area contributed by atoms with Gasteiger partial charge in [-0.2, -0.15) is 0 Å². The average Bonchev–Trinajstić information content (AvgIpc) is 3.33. The summed E-state index contributed by atoms with van der Waals surface area (Å²) < 4.78 is 7.85. The van der Waals surface area contributed by atoms with E-state index in [4.69, 9.17) is 4.74 Å². The summed E-state index contributed by atoms with van der Waals surface area (Å²) in [7, 11) is 1.44. The van der Waals surface area contributed by atoms with Crippen LogP contribution in [0.3, 0.4) is 0 Å². The predicted molar refractivity (Wildman–Crippen MR) is 124 cm³/mol. The van der Waals surface area contributed by atoms with E-state index in [1.807, 2.05) is 24.5 Å². The summed E-state index contributed by atoms with van der Waals surface area (Å²) in [5.74, 6) is -0.0149. The van der Waals surface area contributed by atoms with Crippen LogP contribution in [0.5, 0.6) is 0 Å². The minimum Gasteiger partial charge on any atom is -0.385 e. The number of nitrogens with zero attached hydrogens (tertiary/aromatic N) is 4. The number of aliphatic hydroxyl groups excluding tert-OH is 1. The van der Waals surface area contributed by atoms with Gasteiger partial charge in [-0.25, -0.2) is 15.0 Å². The van der Waals surface area contributed by atoms with Gasteiger partial charge in [0.05, 0.1) is 12.9 Å². The second-order valence-electron chi connectivity index (χ2n) is 7.00. The lowest BCUT2D eigenvalue weighted by Gasteiger charge is -2.27. The molecule has 3 heterocycles. The van der Waals surface area contributed by atoms with Crippen molar-refractivity contribution in [2.75, 3.05) is 25.2 Å². The molecule has 0 unspecified atom stereocenters. The Kier molecular flexibility index (Phi) is 6.35. The lowest BCUT2D eigenvalue weighted by Crippen LogP contribution is -2.49. The molecule has 3 atom stereocenters. The van der Waals surface area contributed by atoms with E-state index in [1.54, 1.807) is 0 Å². The second kappa shape index (κ2) is 8.86. The quantitative estimate of drug-likeness (QED) is 0.199. The first-order valence-electron chi connectivity index (χ1n) is 9.39. The van der Waals surface area contributed by atoms with E-state index in [2.05, 4.69) is 54.2 Å². The van der Waals surface area contributed by atoms with Crippen molar-refractivity contribution in [3.8, 4) is 0 Å². The van der Waals surface area contributed by atoms with E-state index in [-0.39, 0.29) is 6.61 Å². The maximum atomic E-state index is 12.0. The molecule has 1 fully saturated rings. The molecule has 164 valence electrons. The van der Waals surface area contributed by atoms with Crippen molar-refractivity contribution in [1.29, 1.82) is 0 Å². The van der Waals surface area contributed by atoms with E-state index >= 15 is 0 Å². The van der Waals surface area contributed by atoms with Crippen molar-refractivity contribution in [1.82, 2.24) is 24.8 Å². The average molecular weight is 556 g/mol. The molecular formula is C19H21IN6O4S. The third-order valence-corrected chi connectivity index (χ3v) is 6.28. The van der Waals surface area contributed by atoms with Gasteiger partial charge >= 0.3 is 0 Å². The maximum Gasteiger partial charge on any atom is 0.251 e. The highest BCUT2D eigenvalue weighted by atomic mass is 127. The monoisotopic (exact) mass is 556 g/mol. The van der Waals surface area contributed by atoms with E-state index in [1.165, 1.54) is 29.7 Å². The van der Waals surface area contributed by atoms with Crippen LogP contribution in [-0.4, -0.2) is 67.8 Å². The molecular weight excluding hydrogens is 535 g/mol. The standard InChI is InChI=1S/C19H21IN6O4S/c1-21-17(28)13-14(27)19(29,8-30-13)26-9-23-12-15(24-18(31-2)25-16(12)26)22-7-10-4-3-5-11(20)6-10/h3-6,9,13-14,27,29H,7-8H2,1-2H3,(H,21,28)(H,22,24,25)/t13-,14+,19-/m0/s1. The van der Waals surface area contributed by atoms with Crippen LogP contribution in [0.15, 0.2) is 35.7 Å². The Balaban J connectivity index is 1.71. The molecule has 1 saturated heterocycles. The number of ether oxygens (including phenoxy) is 1. The topological polar surface area (TPSA) is 134 Å². The Morgan fingerprint density at radius 3 is 2.97 bits per heavy atom. The number of rotatable bonds is 6. The van der Waals surface area contributed by atoms with E-state index in [9.17, 15) is 15.0 Å². The Morgan fingerprint density at radius 2 is 2.26 bits per heavy atom. The molecule has 1 aliphatic heterocycles. The number of aliphatic hydroxyl groups is 2. The van der Waals surface area contributed by atoms with Gasteiger partial charge in [0.15, 0.2) is 34.0 Å². The number of aromatic nitrogens is 4. The number of likely N-dealkylation sites (N-methyl/N-ethyl adjacent to an activating group) is 1. The zero-order valence-electron chi connectivity index (χ0n) is 16.7. The summed E-state index contributed by atoms with van der Waals surface area (Å²) in [6.07, 6.45) is 0.515. The number of anilines is 1. The van der Waals surface area contributed by atoms with Gasteiger partial charge in [0, 0.05) is 17.2 Å². The fourth-order valence-electron chi connectivity index (χ4n) is 3.42. The highest BCUT2D eigenvalue weighted by Crippen LogP contribution is 2.34. The van der Waals surface area contributed by atoms with Crippen LogP contribution >= 0.6 is 34.4 Å². The molecule has 0 aliphatic carbocycles. The van der Waals surface area contributed by atoms with Gasteiger partial charge in [-0.15, -0.1) is 0 Å². The van der Waals surface area contributed by atoms with Crippen LogP contribution in [0.4, 0.5) is 5.82 Å². The minimum absolute atomic E-state index is 0.290. The normalized spacial score (nSPS) is 23.3. The number of fused-ring (bicyclic) bond motifs is 1. The third kappa shape index (κ3) is 4.09. The summed E-state index contributed by atoms with van der Waals surface area (Å²) in [5.41, 5.74) is -0.0573. The lowest BCUT2D eigenvalue weighted by molar-refractivity contribution is -0.137. The number of imidazole rings is 1. The summed E-state index contributed by atoms with van der Waals surface area (Å²) in [4.78, 5) is 25.3. The third-order valence-electron chi connectivity index (χ3n) is 5.06. The molecule has 31 heavy (non-hydrogen) atoms. The van der Waals surface area contributed by atoms with Crippen LogP contribution in [-0.2, 0) is 21.8 Å². The van der Waals surface area contributed by atoms with Gasteiger partial charge in [0.1, 0.15) is 6.10 Å². The van der Waals surface area contributed by atoms with Gasteiger partial charge in [0.2, 0.25) is 0 Å². The maximum absolute atomic E-state index is 12.0. The molecule has 0 saturated carbocycles. The number of carbonyl (C=O) groups excluding carboxylic acids is 1. The Morgan fingerprint density at radius 1 is 1.45 bits per heavy atom. The molecule has 12 heteroatoms. The molecule has 1 aliphatic rings. The first kappa shape index (κ1) is 22.2. The van der Waals surface area contributed by atoms with Crippen molar-refractivity contribution >= 4 is 57.2 Å². The van der Waals surface area contributed by atoms with Crippen LogP contribution in [0.2, 0.25) is 0 Å². The van der Waals surface area contributed by atoms with Gasteiger partial charge in [-0.1, -0.05) is 23.9 Å². The number of carbonyl (C=O) groups is 1. The van der Waals surface area contributed by atoms with Gasteiger partial charge in [-0.05, 0) is 46.5 Å². The SMILES string of the molecule is CNC(=O)[C@H]1OC[C@@](O)(n2cnc3c(NCc4cccc(I)c4)nc(SC)nc32)[C@@H]1O. The fraction of sp³-hybridized carbons (Fsp3) is 0.368. The van der Waals surface area contributed by atoms with Gasteiger partial charge < -0.3 is 25.6 Å². The molecule has 10 nitrogen and oxygen atoms in total. The number of hydrogen-bond donors (Lipinski definition) is 4. The summed E-state index contributed by atoms with van der Waals surface area (Å²) in [5, 5.41) is 28.1. The number of hydrogen-bond acceptors (Lipinski definition) is 9. The Bertz CT molecular complexity index is 1130. The Hall–Kier alpha value is -2.00. The first-order chi connectivity index (χ1) is 14.9. The highest BCUT2D eigenvalue weighted by Gasteiger charge is 2.53. The number of thioether (sulfide) groups is 1. The predicted octanol–water partition coefficient (Wildman–Crippen LogP) is 0.916. The van der Waals surface area contributed by atoms with Crippen molar-refractivity contribution in [2.45, 2.75) is 29.6 Å². The van der Waals surface area contributed by atoms with Crippen LogP contribution in [0, 0.1) is 3.57 Å². The van der Waals surface area contributed by atoms with Gasteiger partial charge in [-0.3, -0.25) is 9.36 Å². The molecule has 4 N–H and O–H groups in total. The molecule has 3 aromatic rings. The highest BCUT2D eigenvalue weighted by molar-refractivity contribution is 14.1. The fourth-order valence-corrected chi connectivity index (χ4v) is 4.38. The van der Waals surface area contributed by atoms with Crippen molar-refractivity contribution in [3.63, 3.8) is 0 Å². The number of nitrogens with one attached hydrogen (secondary N) is 2. The summed E-state index contributed by atoms with van der Waals surface area (Å²) in [6.45, 7) is 0.236. The lowest BCUT2D eigenvalue weighted by atomic mass is 10.0. The number of amides is 1. The molecule has 2 aromatic heterocycles. The van der Waals surface area contributed by atoms with Crippen molar-refractivity contribution < 1.29 is 19.7 Å². The zero-order valence-corrected chi connectivity index (χ0v) is 19.7. The first-order valence-corrected chi connectivity index (χ1v) is 11.7. The van der Waals surface area contributed by atoms with Crippen LogP contribution < -0.4 is 10.6 Å². The molecule has 0 spiro atoms. The largest absolute Gasteiger partial charge is 0.385 e. The molecule has 0 bridgehead atoms. The second-order valence-corrected chi connectivity index (χ2v) is 9.02. The van der Waals surface area contributed by atoms with E-state index in [0.29, 0.717) is 28.7 Å². The minimum atomic E-state index is -1.90. The Labute approximate surface area is 196 Å². The van der Waals surface area contributed by atoms with Crippen LogP contribution in [0.1, 0.15) is 5.56 Å².